The molecule has 0 aliphatic carbocycles. The normalized spacial score (nSPS) is 10.9. The summed E-state index contributed by atoms with van der Waals surface area (Å²) in [5.74, 6) is 0.551. The number of aliphatic imine (C=N–C) groups is 1. The molecule has 0 saturated carbocycles. The molecule has 21 heavy (non-hydrogen) atoms. The molecule has 0 unspecified atom stereocenters. The van der Waals surface area contributed by atoms with Crippen LogP contribution in [0.2, 0.25) is 5.02 Å². The summed E-state index contributed by atoms with van der Waals surface area (Å²) in [6.07, 6.45) is 1.73. The smallest absolute Gasteiger partial charge is 0.241 e. The number of halogens is 1. The van der Waals surface area contributed by atoms with Gasteiger partial charge in [0.2, 0.25) is 5.91 Å². The number of guanidine groups is 1. The first kappa shape index (κ1) is 17.0. The number of nitrogens with zero attached hydrogens (tertiary/aromatic N) is 2. The van der Waals surface area contributed by atoms with E-state index in [2.05, 4.69) is 22.2 Å². The van der Waals surface area contributed by atoms with Crippen LogP contribution in [0.3, 0.4) is 0 Å². The van der Waals surface area contributed by atoms with Gasteiger partial charge in [0.25, 0.3) is 0 Å². The van der Waals surface area contributed by atoms with Crippen molar-refractivity contribution < 1.29 is 4.79 Å². The van der Waals surface area contributed by atoms with Crippen molar-refractivity contribution in [3.63, 3.8) is 0 Å². The molecule has 0 aliphatic heterocycles. The highest BCUT2D eigenvalue weighted by molar-refractivity contribution is 6.30. The number of carbonyl (C=O) groups is 1. The number of amides is 1. The summed E-state index contributed by atoms with van der Waals surface area (Å²) in [4.78, 5) is 17.5. The fourth-order valence-corrected chi connectivity index (χ4v) is 1.55. The minimum absolute atomic E-state index is 0.0189. The number of nitrogens with one attached hydrogen (secondary N) is 2. The second-order valence-electron chi connectivity index (χ2n) is 4.60. The van der Waals surface area contributed by atoms with Gasteiger partial charge in [-0.15, -0.1) is 6.58 Å². The van der Waals surface area contributed by atoms with Crippen LogP contribution in [0.25, 0.3) is 0 Å². The molecule has 6 heteroatoms. The van der Waals surface area contributed by atoms with Crippen molar-refractivity contribution in [1.29, 1.82) is 0 Å². The van der Waals surface area contributed by atoms with Crippen molar-refractivity contribution in [2.24, 2.45) is 4.99 Å². The summed E-state index contributed by atoms with van der Waals surface area (Å²) in [5.41, 5.74) is 1.04. The van der Waals surface area contributed by atoms with Crippen molar-refractivity contribution in [3.8, 4) is 0 Å². The quantitative estimate of drug-likeness (QED) is 0.477. The van der Waals surface area contributed by atoms with Crippen molar-refractivity contribution in [2.75, 3.05) is 27.2 Å². The zero-order valence-electron chi connectivity index (χ0n) is 12.4. The van der Waals surface area contributed by atoms with E-state index in [0.29, 0.717) is 24.1 Å². The Hall–Kier alpha value is -2.01. The monoisotopic (exact) mass is 308 g/mol. The summed E-state index contributed by atoms with van der Waals surface area (Å²) >= 11 is 5.84. The molecule has 0 aliphatic rings. The van der Waals surface area contributed by atoms with Gasteiger partial charge in [0.15, 0.2) is 5.96 Å². The van der Waals surface area contributed by atoms with Gasteiger partial charge in [-0.25, -0.2) is 4.99 Å². The first-order valence-corrected chi connectivity index (χ1v) is 6.98. The summed E-state index contributed by atoms with van der Waals surface area (Å²) in [7, 11) is 3.43. The molecule has 0 saturated heterocycles. The van der Waals surface area contributed by atoms with E-state index in [-0.39, 0.29) is 12.5 Å². The Labute approximate surface area is 130 Å². The van der Waals surface area contributed by atoms with Crippen LogP contribution in [-0.4, -0.2) is 44.0 Å². The number of likely N-dealkylation sites (N-methyl/N-ethyl adjacent to an activating group) is 1. The van der Waals surface area contributed by atoms with Gasteiger partial charge in [0, 0.05) is 25.7 Å². The van der Waals surface area contributed by atoms with E-state index in [0.717, 1.165) is 5.56 Å². The topological polar surface area (TPSA) is 56.7 Å². The van der Waals surface area contributed by atoms with Gasteiger partial charge in [-0.05, 0) is 17.7 Å². The maximum atomic E-state index is 11.6. The molecular weight excluding hydrogens is 288 g/mol. The van der Waals surface area contributed by atoms with Crippen LogP contribution in [-0.2, 0) is 11.3 Å². The minimum Gasteiger partial charge on any atom is -0.353 e. The van der Waals surface area contributed by atoms with E-state index in [1.165, 1.54) is 4.90 Å². The van der Waals surface area contributed by atoms with Crippen LogP contribution in [0.5, 0.6) is 0 Å². The Morgan fingerprint density at radius 3 is 2.57 bits per heavy atom. The second kappa shape index (κ2) is 9.02. The van der Waals surface area contributed by atoms with Crippen LogP contribution in [0.15, 0.2) is 41.9 Å². The Morgan fingerprint density at radius 2 is 2.00 bits per heavy atom. The van der Waals surface area contributed by atoms with Gasteiger partial charge in [0.1, 0.15) is 0 Å². The van der Waals surface area contributed by atoms with Crippen molar-refractivity contribution >= 4 is 23.5 Å². The predicted molar refractivity (Wildman–Crippen MR) is 87.5 cm³/mol. The highest BCUT2D eigenvalue weighted by atomic mass is 35.5. The first-order chi connectivity index (χ1) is 10.0. The first-order valence-electron chi connectivity index (χ1n) is 6.60. The van der Waals surface area contributed by atoms with Crippen molar-refractivity contribution in [2.45, 2.75) is 6.54 Å². The molecule has 0 atom stereocenters. The molecule has 0 fully saturated rings. The third-order valence-corrected chi connectivity index (χ3v) is 2.90. The molecule has 114 valence electrons. The fourth-order valence-electron chi connectivity index (χ4n) is 1.42. The maximum Gasteiger partial charge on any atom is 0.241 e. The molecule has 5 nitrogen and oxygen atoms in total. The van der Waals surface area contributed by atoms with Crippen molar-refractivity contribution in [3.05, 3.63) is 47.5 Å². The van der Waals surface area contributed by atoms with E-state index in [9.17, 15) is 4.79 Å². The number of carbonyl (C=O) groups excluding carboxylic acids is 1. The molecule has 1 aromatic carbocycles. The lowest BCUT2D eigenvalue weighted by molar-refractivity contribution is -0.127. The number of hydrogen-bond acceptors (Lipinski definition) is 2. The summed E-state index contributed by atoms with van der Waals surface area (Å²) in [5, 5.41) is 6.76. The molecule has 0 bridgehead atoms. The van der Waals surface area contributed by atoms with E-state index in [1.807, 2.05) is 24.3 Å². The highest BCUT2D eigenvalue weighted by Gasteiger charge is 2.05. The second-order valence-corrected chi connectivity index (χ2v) is 5.04. The Bertz CT molecular complexity index is 497. The molecule has 1 amide bonds. The third kappa shape index (κ3) is 6.81. The lowest BCUT2D eigenvalue weighted by Gasteiger charge is -2.14. The SMILES string of the molecule is C=CCNC(=NCc1ccc(Cl)cc1)NCC(=O)N(C)C. The van der Waals surface area contributed by atoms with Crippen LogP contribution in [0, 0.1) is 0 Å². The summed E-state index contributed by atoms with van der Waals surface area (Å²) < 4.78 is 0. The molecule has 0 aromatic heterocycles. The molecule has 0 heterocycles. The molecule has 1 rings (SSSR count). The molecule has 0 spiro atoms. The van der Waals surface area contributed by atoms with Crippen molar-refractivity contribution in [1.82, 2.24) is 15.5 Å². The van der Waals surface area contributed by atoms with E-state index in [4.69, 9.17) is 11.6 Å². The van der Waals surface area contributed by atoms with Crippen LogP contribution >= 0.6 is 11.6 Å². The Balaban J connectivity index is 2.62. The average molecular weight is 309 g/mol. The van der Waals surface area contributed by atoms with Gasteiger partial charge < -0.3 is 15.5 Å². The summed E-state index contributed by atoms with van der Waals surface area (Å²) in [6.45, 7) is 4.91. The lowest BCUT2D eigenvalue weighted by Crippen LogP contribution is -2.43. The van der Waals surface area contributed by atoms with E-state index >= 15 is 0 Å². The van der Waals surface area contributed by atoms with Gasteiger partial charge in [0.05, 0.1) is 13.1 Å². The lowest BCUT2D eigenvalue weighted by atomic mass is 10.2. The van der Waals surface area contributed by atoms with Gasteiger partial charge in [-0.3, -0.25) is 4.79 Å². The third-order valence-electron chi connectivity index (χ3n) is 2.65. The molecule has 0 radical (unpaired) electrons. The highest BCUT2D eigenvalue weighted by Crippen LogP contribution is 2.09. The maximum absolute atomic E-state index is 11.6. The standard InChI is InChI=1S/C15H21ClN4O/c1-4-9-17-15(19-11-14(21)20(2)3)18-10-12-5-7-13(16)8-6-12/h4-8H,1,9-11H2,2-3H3,(H2,17,18,19). The van der Waals surface area contributed by atoms with Crippen LogP contribution in [0.1, 0.15) is 5.56 Å². The van der Waals surface area contributed by atoms with Gasteiger partial charge in [-0.1, -0.05) is 29.8 Å². The van der Waals surface area contributed by atoms with E-state index in [1.54, 1.807) is 20.2 Å². The zero-order valence-corrected chi connectivity index (χ0v) is 13.2. The number of hydrogen-bond donors (Lipinski definition) is 2. The zero-order chi connectivity index (χ0) is 15.7. The largest absolute Gasteiger partial charge is 0.353 e. The Morgan fingerprint density at radius 1 is 1.33 bits per heavy atom. The molecular formula is C15H21ClN4O. The Kier molecular flexibility index (Phi) is 7.32. The summed E-state index contributed by atoms with van der Waals surface area (Å²) in [6, 6.07) is 7.49. The average Bonchev–Trinajstić information content (AvgIpc) is 2.47. The van der Waals surface area contributed by atoms with Crippen LogP contribution in [0.4, 0.5) is 0 Å². The number of benzene rings is 1. The van der Waals surface area contributed by atoms with Gasteiger partial charge in [-0.2, -0.15) is 0 Å². The fraction of sp³-hybridized carbons (Fsp3) is 0.333. The number of rotatable bonds is 6. The molecule has 2 N–H and O–H groups in total. The predicted octanol–water partition coefficient (Wildman–Crippen LogP) is 1.65. The van der Waals surface area contributed by atoms with E-state index < -0.39 is 0 Å². The van der Waals surface area contributed by atoms with Crippen LogP contribution < -0.4 is 10.6 Å². The molecule has 1 aromatic rings. The van der Waals surface area contributed by atoms with Gasteiger partial charge >= 0.3 is 0 Å². The minimum atomic E-state index is -0.0189.